The number of guanidine groups is 1. The Morgan fingerprint density at radius 2 is 1.41 bits per heavy atom. The highest BCUT2D eigenvalue weighted by Crippen LogP contribution is 2.25. The number of aliphatic imine (C=N–C) groups is 1. The van der Waals surface area contributed by atoms with Crippen LogP contribution < -0.4 is 16.8 Å². The number of carbonyl (C=O) groups is 2. The van der Waals surface area contributed by atoms with Crippen LogP contribution in [-0.2, 0) is 19.1 Å². The number of carbonyl (C=O) groups excluding carboxylic acids is 2. The molecule has 0 aromatic heterocycles. The quantitative estimate of drug-likeness (QED) is 0.0454. The number of nitrogens with one attached hydrogen (secondary N) is 1. The zero-order valence-corrected chi connectivity index (χ0v) is 25.3. The zero-order valence-electron chi connectivity index (χ0n) is 25.3. The van der Waals surface area contributed by atoms with Crippen molar-refractivity contribution in [3.05, 3.63) is 11.8 Å². The Labute approximate surface area is 246 Å². The highest BCUT2D eigenvalue weighted by Gasteiger charge is 2.44. The number of amides is 1. The van der Waals surface area contributed by atoms with E-state index in [4.69, 9.17) is 20.9 Å². The van der Waals surface area contributed by atoms with Crippen molar-refractivity contribution in [2.24, 2.45) is 16.5 Å². The maximum absolute atomic E-state index is 12.7. The lowest BCUT2D eigenvalue weighted by Crippen LogP contribution is -2.59. The van der Waals surface area contributed by atoms with Crippen LogP contribution in [0.5, 0.6) is 0 Å². The molecule has 1 aliphatic rings. The van der Waals surface area contributed by atoms with Gasteiger partial charge in [0.15, 0.2) is 5.96 Å². The van der Waals surface area contributed by atoms with Crippen molar-refractivity contribution in [2.45, 2.75) is 147 Å². The molecule has 0 bridgehead atoms. The van der Waals surface area contributed by atoms with Gasteiger partial charge in [0.25, 0.3) is 0 Å². The van der Waals surface area contributed by atoms with E-state index in [0.717, 1.165) is 19.3 Å². The molecule has 0 radical (unpaired) electrons. The molecule has 0 aromatic rings. The highest BCUT2D eigenvalue weighted by atomic mass is 16.6. The summed E-state index contributed by atoms with van der Waals surface area (Å²) >= 11 is 0. The summed E-state index contributed by atoms with van der Waals surface area (Å²) < 4.78 is 11.0. The van der Waals surface area contributed by atoms with E-state index in [1.54, 1.807) is 0 Å². The molecular formula is C30H56N4O7. The molecule has 1 aliphatic heterocycles. The van der Waals surface area contributed by atoms with Gasteiger partial charge in [0, 0.05) is 6.92 Å². The standard InChI is InChI=1S/C30H56N4O7/c1-3-4-5-6-7-8-9-10-11-12-13-14-15-16-17-18-19-40-29(39)25-20-23(34-30(31)32)26(33-22(2)36)28(41-25)27(38)24(37)21-35/h20,23-24,26-28,35,37-38H,3-19,21H2,1-2H3,(H,33,36)(H4,31,32,34)/t23?,24?,26?,27?,28-/m1/s1. The molecule has 8 N–H and O–H groups in total. The monoisotopic (exact) mass is 584 g/mol. The maximum atomic E-state index is 12.7. The number of rotatable bonds is 23. The fourth-order valence-electron chi connectivity index (χ4n) is 5.02. The van der Waals surface area contributed by atoms with Gasteiger partial charge < -0.3 is 41.6 Å². The third-order valence-electron chi connectivity index (χ3n) is 7.33. The molecule has 1 heterocycles. The molecule has 1 amide bonds. The van der Waals surface area contributed by atoms with E-state index in [2.05, 4.69) is 17.2 Å². The van der Waals surface area contributed by atoms with Gasteiger partial charge in [-0.3, -0.25) is 4.79 Å². The fraction of sp³-hybridized carbons (Fsp3) is 0.833. The van der Waals surface area contributed by atoms with E-state index >= 15 is 0 Å². The van der Waals surface area contributed by atoms with E-state index in [-0.39, 0.29) is 18.3 Å². The van der Waals surface area contributed by atoms with Gasteiger partial charge in [-0.1, -0.05) is 103 Å². The number of aliphatic hydroxyl groups excluding tert-OH is 3. The van der Waals surface area contributed by atoms with Crippen LogP contribution in [-0.4, -0.2) is 76.8 Å². The summed E-state index contributed by atoms with van der Waals surface area (Å²) in [6.45, 7) is 2.95. The number of ether oxygens (including phenoxy) is 2. The Kier molecular flexibility index (Phi) is 19.9. The number of hydrogen-bond acceptors (Lipinski definition) is 8. The Hall–Kier alpha value is -2.37. The van der Waals surface area contributed by atoms with Crippen molar-refractivity contribution in [1.82, 2.24) is 5.32 Å². The average Bonchev–Trinajstić information content (AvgIpc) is 2.93. The molecule has 11 nitrogen and oxygen atoms in total. The SMILES string of the molecule is CCCCCCCCCCCCCCCCCCOC(=O)C1=CC(N=C(N)N)C(NC(C)=O)[C@H](C(O)C(O)CO)O1. The number of aliphatic hydroxyl groups is 3. The minimum absolute atomic E-state index is 0.201. The van der Waals surface area contributed by atoms with Crippen LogP contribution in [0.25, 0.3) is 0 Å². The normalized spacial score (nSPS) is 19.9. The lowest BCUT2D eigenvalue weighted by Gasteiger charge is -2.38. The summed E-state index contributed by atoms with van der Waals surface area (Å²) in [5.41, 5.74) is 11.1. The number of nitrogens with two attached hydrogens (primary N) is 2. The summed E-state index contributed by atoms with van der Waals surface area (Å²) in [6, 6.07) is -1.98. The molecule has 0 fully saturated rings. The minimum atomic E-state index is -1.65. The molecule has 0 spiro atoms. The molecule has 238 valence electrons. The lowest BCUT2D eigenvalue weighted by molar-refractivity contribution is -0.151. The van der Waals surface area contributed by atoms with Crippen molar-refractivity contribution < 1.29 is 34.4 Å². The summed E-state index contributed by atoms with van der Waals surface area (Å²) in [7, 11) is 0. The Bertz CT molecular complexity index is 789. The maximum Gasteiger partial charge on any atom is 0.373 e. The Balaban J connectivity index is 2.36. The van der Waals surface area contributed by atoms with Gasteiger partial charge in [0.1, 0.15) is 18.3 Å². The molecule has 1 rings (SSSR count). The molecule has 0 saturated heterocycles. The van der Waals surface area contributed by atoms with Crippen LogP contribution in [0.3, 0.4) is 0 Å². The van der Waals surface area contributed by atoms with Crippen LogP contribution in [0.15, 0.2) is 16.8 Å². The van der Waals surface area contributed by atoms with E-state index in [0.29, 0.717) is 6.42 Å². The molecule has 41 heavy (non-hydrogen) atoms. The van der Waals surface area contributed by atoms with E-state index in [9.17, 15) is 24.9 Å². The molecule has 5 atom stereocenters. The Morgan fingerprint density at radius 3 is 1.85 bits per heavy atom. The lowest BCUT2D eigenvalue weighted by atomic mass is 9.92. The van der Waals surface area contributed by atoms with Gasteiger partial charge >= 0.3 is 5.97 Å². The smallest absolute Gasteiger partial charge is 0.373 e. The average molecular weight is 585 g/mol. The largest absolute Gasteiger partial charge is 0.478 e. The number of hydrogen-bond donors (Lipinski definition) is 6. The molecule has 11 heteroatoms. The number of unbranched alkanes of at least 4 members (excludes halogenated alkanes) is 15. The van der Waals surface area contributed by atoms with Gasteiger partial charge in [-0.15, -0.1) is 0 Å². The first-order valence-electron chi connectivity index (χ1n) is 15.6. The van der Waals surface area contributed by atoms with Crippen LogP contribution in [0.1, 0.15) is 117 Å². The van der Waals surface area contributed by atoms with Gasteiger partial charge in [-0.25, -0.2) is 9.79 Å². The first kappa shape index (κ1) is 36.7. The van der Waals surface area contributed by atoms with E-state index < -0.39 is 48.9 Å². The van der Waals surface area contributed by atoms with Crippen LogP contribution in [0.2, 0.25) is 0 Å². The van der Waals surface area contributed by atoms with E-state index in [1.807, 2.05) is 0 Å². The van der Waals surface area contributed by atoms with Crippen LogP contribution in [0, 0.1) is 0 Å². The second-order valence-corrected chi connectivity index (χ2v) is 11.1. The summed E-state index contributed by atoms with van der Waals surface area (Å²) in [6.07, 6.45) is 16.7. The van der Waals surface area contributed by atoms with Crippen LogP contribution >= 0.6 is 0 Å². The highest BCUT2D eigenvalue weighted by molar-refractivity contribution is 5.87. The first-order valence-corrected chi connectivity index (χ1v) is 15.6. The summed E-state index contributed by atoms with van der Waals surface area (Å²) in [5, 5.41) is 32.4. The minimum Gasteiger partial charge on any atom is -0.478 e. The first-order chi connectivity index (χ1) is 19.7. The van der Waals surface area contributed by atoms with Gasteiger partial charge in [0.05, 0.1) is 25.3 Å². The van der Waals surface area contributed by atoms with Gasteiger partial charge in [-0.05, 0) is 12.5 Å². The predicted octanol–water partition coefficient (Wildman–Crippen LogP) is 2.93. The molecule has 0 aliphatic carbocycles. The second kappa shape index (κ2) is 22.3. The molecule has 4 unspecified atom stereocenters. The van der Waals surface area contributed by atoms with Gasteiger partial charge in [0.2, 0.25) is 11.7 Å². The second-order valence-electron chi connectivity index (χ2n) is 11.1. The molecular weight excluding hydrogens is 528 g/mol. The van der Waals surface area contributed by atoms with Gasteiger partial charge in [-0.2, -0.15) is 0 Å². The van der Waals surface area contributed by atoms with Crippen molar-refractivity contribution >= 4 is 17.8 Å². The molecule has 0 saturated carbocycles. The third-order valence-corrected chi connectivity index (χ3v) is 7.33. The third kappa shape index (κ3) is 16.0. The van der Waals surface area contributed by atoms with Crippen molar-refractivity contribution in [3.63, 3.8) is 0 Å². The molecule has 0 aromatic carbocycles. The van der Waals surface area contributed by atoms with Crippen molar-refractivity contribution in [1.29, 1.82) is 0 Å². The summed E-state index contributed by atoms with van der Waals surface area (Å²) in [5.74, 6) is -1.78. The topological polar surface area (TPSA) is 190 Å². The number of nitrogens with zero attached hydrogens (tertiary/aromatic N) is 1. The predicted molar refractivity (Wildman–Crippen MR) is 160 cm³/mol. The zero-order chi connectivity index (χ0) is 30.5. The Morgan fingerprint density at radius 1 is 0.927 bits per heavy atom. The van der Waals surface area contributed by atoms with Crippen LogP contribution in [0.4, 0.5) is 0 Å². The van der Waals surface area contributed by atoms with E-state index in [1.165, 1.54) is 90.0 Å². The van der Waals surface area contributed by atoms with Crippen molar-refractivity contribution in [2.75, 3.05) is 13.2 Å². The fourth-order valence-corrected chi connectivity index (χ4v) is 5.02. The summed E-state index contributed by atoms with van der Waals surface area (Å²) in [4.78, 5) is 28.5. The number of esters is 1. The van der Waals surface area contributed by atoms with Crippen molar-refractivity contribution in [3.8, 4) is 0 Å².